The van der Waals surface area contributed by atoms with Crippen molar-refractivity contribution in [3.8, 4) is 11.1 Å². The second-order valence-electron chi connectivity index (χ2n) is 11.9. The Hall–Kier alpha value is -4.76. The molecule has 0 saturated heterocycles. The lowest BCUT2D eigenvalue weighted by Gasteiger charge is -2.32. The van der Waals surface area contributed by atoms with Crippen LogP contribution in [-0.4, -0.2) is 0 Å². The Bertz CT molecular complexity index is 2560. The molecule has 2 atom stereocenters. The van der Waals surface area contributed by atoms with Gasteiger partial charge in [-0.2, -0.15) is 0 Å². The highest BCUT2D eigenvalue weighted by atomic mass is 32.1. The van der Waals surface area contributed by atoms with Crippen LogP contribution >= 0.6 is 22.7 Å². The maximum absolute atomic E-state index is 2.60. The number of thiophene rings is 2. The van der Waals surface area contributed by atoms with Gasteiger partial charge in [0.1, 0.15) is 0 Å². The van der Waals surface area contributed by atoms with Gasteiger partial charge in [-0.3, -0.25) is 0 Å². The summed E-state index contributed by atoms with van der Waals surface area (Å²) < 4.78 is 4.15. The normalized spacial score (nSPS) is 17.1. The Kier molecular flexibility index (Phi) is 5.25. The molecule has 0 spiro atoms. The lowest BCUT2D eigenvalue weighted by atomic mass is 9.72. The van der Waals surface area contributed by atoms with E-state index in [4.69, 9.17) is 0 Å². The molecule has 0 radical (unpaired) electrons. The Balaban J connectivity index is 1.36. The van der Waals surface area contributed by atoms with E-state index in [0.29, 0.717) is 5.92 Å². The smallest absolute Gasteiger partial charge is 0.0355 e. The molecule has 206 valence electrons. The van der Waals surface area contributed by atoms with Gasteiger partial charge in [0.15, 0.2) is 0 Å². The lowest BCUT2D eigenvalue weighted by Crippen LogP contribution is -2.30. The van der Waals surface area contributed by atoms with E-state index in [1.54, 1.807) is 0 Å². The molecule has 6 aromatic carbocycles. The molecule has 2 heteroatoms. The molecule has 0 saturated carbocycles. The Labute approximate surface area is 263 Å². The van der Waals surface area contributed by atoms with Crippen LogP contribution in [0.2, 0.25) is 0 Å². The van der Waals surface area contributed by atoms with E-state index >= 15 is 0 Å². The van der Waals surface area contributed by atoms with Crippen molar-refractivity contribution in [3.63, 3.8) is 0 Å². The fourth-order valence-electron chi connectivity index (χ4n) is 7.78. The first kappa shape index (κ1) is 24.7. The molecule has 0 nitrogen and oxygen atoms in total. The van der Waals surface area contributed by atoms with Crippen molar-refractivity contribution in [3.05, 3.63) is 153 Å². The van der Waals surface area contributed by atoms with Gasteiger partial charge in [0.25, 0.3) is 0 Å². The molecule has 2 heterocycles. The van der Waals surface area contributed by atoms with E-state index in [9.17, 15) is 0 Å². The van der Waals surface area contributed by atoms with Crippen molar-refractivity contribution in [1.29, 1.82) is 0 Å². The average molecular weight is 595 g/mol. The van der Waals surface area contributed by atoms with Crippen LogP contribution in [0.1, 0.15) is 21.9 Å². The first-order valence-corrected chi connectivity index (χ1v) is 16.9. The Morgan fingerprint density at radius 2 is 0.977 bits per heavy atom. The second-order valence-corrected chi connectivity index (χ2v) is 14.1. The Morgan fingerprint density at radius 3 is 1.66 bits per heavy atom. The highest BCUT2D eigenvalue weighted by Gasteiger charge is 2.35. The fraction of sp³-hybridized carbons (Fsp3) is 0.0476. The zero-order chi connectivity index (χ0) is 28.8. The van der Waals surface area contributed by atoms with Crippen molar-refractivity contribution < 1.29 is 0 Å². The van der Waals surface area contributed by atoms with Crippen LogP contribution in [-0.2, 0) is 0 Å². The highest BCUT2D eigenvalue weighted by Crippen LogP contribution is 2.53. The SMILES string of the molecule is C1=C(c2c3ccccc3c(-c3ccccc3)c3ccccc23)C2C=c3c(sc4ccccc34)=CC2c2sc3ccccc3c21. The maximum atomic E-state index is 2.60. The summed E-state index contributed by atoms with van der Waals surface area (Å²) in [6.07, 6.45) is 7.75. The van der Waals surface area contributed by atoms with Gasteiger partial charge >= 0.3 is 0 Å². The van der Waals surface area contributed by atoms with E-state index in [1.807, 2.05) is 22.7 Å². The summed E-state index contributed by atoms with van der Waals surface area (Å²) in [5.74, 6) is 0.546. The summed E-state index contributed by atoms with van der Waals surface area (Å²) >= 11 is 3.92. The van der Waals surface area contributed by atoms with Crippen molar-refractivity contribution in [2.24, 2.45) is 5.92 Å². The second kappa shape index (κ2) is 9.37. The van der Waals surface area contributed by atoms with E-state index in [2.05, 4.69) is 146 Å². The molecule has 0 fully saturated rings. The summed E-state index contributed by atoms with van der Waals surface area (Å²) in [7, 11) is 0. The van der Waals surface area contributed by atoms with E-state index in [0.717, 1.165) is 0 Å². The monoisotopic (exact) mass is 594 g/mol. The number of fused-ring (bicyclic) bond motifs is 10. The van der Waals surface area contributed by atoms with Crippen LogP contribution in [0.3, 0.4) is 0 Å². The maximum Gasteiger partial charge on any atom is 0.0355 e. The molecular weight excluding hydrogens is 569 g/mol. The van der Waals surface area contributed by atoms with Gasteiger partial charge in [-0.1, -0.05) is 127 Å². The first-order valence-electron chi connectivity index (χ1n) is 15.3. The molecular formula is C42H26S2. The molecule has 2 aliphatic carbocycles. The summed E-state index contributed by atoms with van der Waals surface area (Å²) in [6, 6.07) is 46.9. The molecule has 10 rings (SSSR count). The molecule has 8 aromatic rings. The van der Waals surface area contributed by atoms with Crippen LogP contribution in [0, 0.1) is 5.92 Å². The molecule has 0 aliphatic heterocycles. The van der Waals surface area contributed by atoms with Gasteiger partial charge in [0.2, 0.25) is 0 Å². The molecule has 2 unspecified atom stereocenters. The molecule has 0 amide bonds. The van der Waals surface area contributed by atoms with Crippen molar-refractivity contribution >= 4 is 88.2 Å². The summed E-state index contributed by atoms with van der Waals surface area (Å²) in [5.41, 5.74) is 6.78. The van der Waals surface area contributed by atoms with E-state index in [1.165, 1.54) is 84.2 Å². The van der Waals surface area contributed by atoms with Crippen molar-refractivity contribution in [2.45, 2.75) is 5.92 Å². The van der Waals surface area contributed by atoms with Gasteiger partial charge in [-0.15, -0.1) is 22.7 Å². The number of allylic oxidation sites excluding steroid dienone is 1. The summed E-state index contributed by atoms with van der Waals surface area (Å²) in [6.45, 7) is 0. The third-order valence-electron chi connectivity index (χ3n) is 9.63. The fourth-order valence-corrected chi connectivity index (χ4v) is 10.3. The molecule has 0 N–H and O–H groups in total. The number of hydrogen-bond acceptors (Lipinski definition) is 2. The summed E-state index contributed by atoms with van der Waals surface area (Å²) in [5, 5.41) is 9.42. The van der Waals surface area contributed by atoms with Crippen LogP contribution in [0.4, 0.5) is 0 Å². The zero-order valence-corrected chi connectivity index (χ0v) is 25.5. The predicted molar refractivity (Wildman–Crippen MR) is 193 cm³/mol. The minimum atomic E-state index is 0.246. The molecule has 44 heavy (non-hydrogen) atoms. The number of rotatable bonds is 2. The van der Waals surface area contributed by atoms with Crippen LogP contribution in [0.15, 0.2) is 127 Å². The minimum Gasteiger partial charge on any atom is -0.139 e. The van der Waals surface area contributed by atoms with Gasteiger partial charge in [-0.25, -0.2) is 0 Å². The predicted octanol–water partition coefficient (Wildman–Crippen LogP) is 10.6. The van der Waals surface area contributed by atoms with E-state index in [-0.39, 0.29) is 5.92 Å². The van der Waals surface area contributed by atoms with Crippen LogP contribution in [0.25, 0.3) is 76.6 Å². The third-order valence-corrected chi connectivity index (χ3v) is 12.1. The molecule has 0 bridgehead atoms. The largest absolute Gasteiger partial charge is 0.139 e. The van der Waals surface area contributed by atoms with Gasteiger partial charge in [0.05, 0.1) is 0 Å². The minimum absolute atomic E-state index is 0.246. The molecule has 2 aromatic heterocycles. The number of benzene rings is 6. The average Bonchev–Trinajstić information content (AvgIpc) is 3.64. The van der Waals surface area contributed by atoms with E-state index < -0.39 is 0 Å². The number of hydrogen-bond donors (Lipinski definition) is 0. The Morgan fingerprint density at radius 1 is 0.432 bits per heavy atom. The first-order chi connectivity index (χ1) is 21.8. The topological polar surface area (TPSA) is 0 Å². The highest BCUT2D eigenvalue weighted by molar-refractivity contribution is 7.19. The van der Waals surface area contributed by atoms with Gasteiger partial charge in [-0.05, 0) is 83.6 Å². The van der Waals surface area contributed by atoms with Crippen LogP contribution < -0.4 is 9.75 Å². The van der Waals surface area contributed by atoms with Gasteiger partial charge in [0, 0.05) is 30.6 Å². The lowest BCUT2D eigenvalue weighted by molar-refractivity contribution is 0.791. The van der Waals surface area contributed by atoms with Crippen molar-refractivity contribution in [1.82, 2.24) is 0 Å². The quantitative estimate of drug-likeness (QED) is 0.175. The van der Waals surface area contributed by atoms with Crippen LogP contribution in [0.5, 0.6) is 0 Å². The van der Waals surface area contributed by atoms with Crippen molar-refractivity contribution in [2.75, 3.05) is 0 Å². The van der Waals surface area contributed by atoms with Gasteiger partial charge < -0.3 is 0 Å². The standard InChI is InChI=1S/C42H26S2/c1-2-12-25(13-3-1)40-28-16-4-6-18-30(28)41(31-19-7-5-17-29(31)40)34-23-35-27-15-9-11-21-38(27)44-42(35)36-24-39-33(22-32(34)36)26-14-8-10-20-37(26)43-39/h1-24,32,36H. The summed E-state index contributed by atoms with van der Waals surface area (Å²) in [4.78, 5) is 1.49. The zero-order valence-electron chi connectivity index (χ0n) is 23.8. The molecule has 2 aliphatic rings. The third kappa shape index (κ3) is 3.44.